The SMILES string of the molecule is CN(C)c1nc(CCC2CCN(C(=O)CCCc3nc4ccccc4s3)CC2)no1. The Labute approximate surface area is 181 Å². The summed E-state index contributed by atoms with van der Waals surface area (Å²) in [4.78, 5) is 25.5. The lowest BCUT2D eigenvalue weighted by atomic mass is 9.92. The van der Waals surface area contributed by atoms with Crippen LogP contribution in [0.2, 0.25) is 0 Å². The maximum Gasteiger partial charge on any atom is 0.323 e. The maximum absolute atomic E-state index is 12.6. The van der Waals surface area contributed by atoms with Crippen molar-refractivity contribution in [2.45, 2.75) is 44.9 Å². The fourth-order valence-corrected chi connectivity index (χ4v) is 4.92. The third kappa shape index (κ3) is 5.16. The van der Waals surface area contributed by atoms with E-state index in [4.69, 9.17) is 4.52 Å². The highest BCUT2D eigenvalue weighted by Crippen LogP contribution is 2.25. The highest BCUT2D eigenvalue weighted by atomic mass is 32.1. The number of amides is 1. The fraction of sp³-hybridized carbons (Fsp3) is 0.545. The van der Waals surface area contributed by atoms with Gasteiger partial charge in [0.25, 0.3) is 0 Å². The van der Waals surface area contributed by atoms with E-state index in [1.165, 1.54) is 4.70 Å². The zero-order valence-electron chi connectivity index (χ0n) is 17.7. The highest BCUT2D eigenvalue weighted by Gasteiger charge is 2.23. The molecule has 1 amide bonds. The second-order valence-corrected chi connectivity index (χ2v) is 9.29. The van der Waals surface area contributed by atoms with Crippen LogP contribution in [0, 0.1) is 5.92 Å². The van der Waals surface area contributed by atoms with Gasteiger partial charge in [0, 0.05) is 40.0 Å². The summed E-state index contributed by atoms with van der Waals surface area (Å²) in [6.07, 6.45) is 6.34. The average Bonchev–Trinajstić information content (AvgIpc) is 3.39. The van der Waals surface area contributed by atoms with Crippen molar-refractivity contribution in [1.29, 1.82) is 0 Å². The molecule has 0 bridgehead atoms. The Kier molecular flexibility index (Phi) is 6.62. The molecule has 1 aliphatic rings. The van der Waals surface area contributed by atoms with Gasteiger partial charge in [-0.25, -0.2) is 4.98 Å². The standard InChI is InChI=1S/C22H29N5O2S/c1-26(2)22-24-19(25-29-22)11-10-16-12-14-27(15-13-16)21(28)9-5-8-20-23-17-6-3-4-7-18(17)30-20/h3-4,6-7,16H,5,8-15H2,1-2H3. The van der Waals surface area contributed by atoms with Crippen molar-refractivity contribution in [1.82, 2.24) is 20.0 Å². The van der Waals surface area contributed by atoms with Crippen LogP contribution in [0.15, 0.2) is 28.8 Å². The second-order valence-electron chi connectivity index (χ2n) is 8.18. The number of likely N-dealkylation sites (tertiary alicyclic amines) is 1. The van der Waals surface area contributed by atoms with Crippen molar-refractivity contribution in [2.75, 3.05) is 32.1 Å². The molecule has 30 heavy (non-hydrogen) atoms. The van der Waals surface area contributed by atoms with Crippen molar-refractivity contribution in [3.63, 3.8) is 0 Å². The number of para-hydroxylation sites is 1. The molecule has 3 heterocycles. The first-order valence-electron chi connectivity index (χ1n) is 10.7. The molecule has 0 aliphatic carbocycles. The summed E-state index contributed by atoms with van der Waals surface area (Å²) in [5.41, 5.74) is 1.06. The summed E-state index contributed by atoms with van der Waals surface area (Å²) in [5.74, 6) is 1.67. The number of fused-ring (bicyclic) bond motifs is 1. The number of carbonyl (C=O) groups is 1. The van der Waals surface area contributed by atoms with Crippen molar-refractivity contribution < 1.29 is 9.32 Å². The molecule has 0 unspecified atom stereocenters. The lowest BCUT2D eigenvalue weighted by Gasteiger charge is -2.32. The van der Waals surface area contributed by atoms with Gasteiger partial charge in [0.05, 0.1) is 15.2 Å². The molecule has 8 heteroatoms. The molecule has 1 fully saturated rings. The van der Waals surface area contributed by atoms with Gasteiger partial charge in [0.1, 0.15) is 0 Å². The van der Waals surface area contributed by atoms with Gasteiger partial charge in [-0.05, 0) is 50.2 Å². The molecule has 0 atom stereocenters. The third-order valence-electron chi connectivity index (χ3n) is 5.70. The molecular weight excluding hydrogens is 398 g/mol. The number of nitrogens with zero attached hydrogens (tertiary/aromatic N) is 5. The van der Waals surface area contributed by atoms with Crippen LogP contribution in [0.3, 0.4) is 0 Å². The van der Waals surface area contributed by atoms with Crippen molar-refractivity contribution in [2.24, 2.45) is 5.92 Å². The predicted octanol–water partition coefficient (Wildman–Crippen LogP) is 3.94. The lowest BCUT2D eigenvalue weighted by Crippen LogP contribution is -2.38. The molecule has 7 nitrogen and oxygen atoms in total. The van der Waals surface area contributed by atoms with Gasteiger partial charge in [-0.15, -0.1) is 11.3 Å². The molecule has 2 aromatic heterocycles. The highest BCUT2D eigenvalue weighted by molar-refractivity contribution is 7.18. The summed E-state index contributed by atoms with van der Waals surface area (Å²) in [6.45, 7) is 1.72. The zero-order chi connectivity index (χ0) is 20.9. The van der Waals surface area contributed by atoms with Crippen molar-refractivity contribution in [3.05, 3.63) is 35.1 Å². The number of thiazole rings is 1. The molecule has 0 N–H and O–H groups in total. The normalized spacial score (nSPS) is 15.1. The number of piperidine rings is 1. The first kappa shape index (κ1) is 20.8. The van der Waals surface area contributed by atoms with Gasteiger partial charge in [0.15, 0.2) is 5.82 Å². The number of hydrogen-bond acceptors (Lipinski definition) is 7. The summed E-state index contributed by atoms with van der Waals surface area (Å²) >= 11 is 1.74. The number of anilines is 1. The van der Waals surface area contributed by atoms with Crippen LogP contribution in [-0.4, -0.2) is 53.1 Å². The Bertz CT molecular complexity index is 942. The van der Waals surface area contributed by atoms with Gasteiger partial charge in [0.2, 0.25) is 5.91 Å². The predicted molar refractivity (Wildman–Crippen MR) is 119 cm³/mol. The van der Waals surface area contributed by atoms with E-state index >= 15 is 0 Å². The van der Waals surface area contributed by atoms with Crippen LogP contribution in [0.4, 0.5) is 6.01 Å². The van der Waals surface area contributed by atoms with Crippen molar-refractivity contribution >= 4 is 33.5 Å². The minimum Gasteiger partial charge on any atom is -0.343 e. The molecule has 160 valence electrons. The van der Waals surface area contributed by atoms with Gasteiger partial charge < -0.3 is 14.3 Å². The largest absolute Gasteiger partial charge is 0.343 e. The number of aryl methyl sites for hydroxylation is 2. The number of carbonyl (C=O) groups excluding carboxylic acids is 1. The molecular formula is C22H29N5O2S. The molecule has 4 rings (SSSR count). The first-order valence-corrected chi connectivity index (χ1v) is 11.5. The van der Waals surface area contributed by atoms with E-state index < -0.39 is 0 Å². The second kappa shape index (κ2) is 9.55. The van der Waals surface area contributed by atoms with Gasteiger partial charge in [-0.3, -0.25) is 4.79 Å². The van der Waals surface area contributed by atoms with E-state index in [0.29, 0.717) is 18.4 Å². The molecule has 1 aliphatic heterocycles. The van der Waals surface area contributed by atoms with Gasteiger partial charge >= 0.3 is 6.01 Å². The van der Waals surface area contributed by atoms with E-state index in [1.54, 1.807) is 11.3 Å². The topological polar surface area (TPSA) is 75.4 Å². The summed E-state index contributed by atoms with van der Waals surface area (Å²) < 4.78 is 6.43. The Morgan fingerprint density at radius 1 is 1.20 bits per heavy atom. The zero-order valence-corrected chi connectivity index (χ0v) is 18.5. The van der Waals surface area contributed by atoms with Crippen LogP contribution < -0.4 is 4.90 Å². The van der Waals surface area contributed by atoms with Crippen LogP contribution in [0.1, 0.15) is 42.9 Å². The Morgan fingerprint density at radius 2 is 2.00 bits per heavy atom. The van der Waals surface area contributed by atoms with Gasteiger partial charge in [-0.1, -0.05) is 17.3 Å². The molecule has 3 aromatic rings. The minimum absolute atomic E-state index is 0.281. The van der Waals surface area contributed by atoms with E-state index in [9.17, 15) is 4.79 Å². The molecule has 0 radical (unpaired) electrons. The number of hydrogen-bond donors (Lipinski definition) is 0. The average molecular weight is 428 g/mol. The maximum atomic E-state index is 12.6. The van der Waals surface area contributed by atoms with E-state index in [0.717, 1.165) is 68.0 Å². The smallest absolute Gasteiger partial charge is 0.323 e. The number of rotatable bonds is 8. The number of aromatic nitrogens is 3. The summed E-state index contributed by atoms with van der Waals surface area (Å²) in [7, 11) is 3.78. The fourth-order valence-electron chi connectivity index (χ4n) is 3.91. The molecule has 0 saturated carbocycles. The summed E-state index contributed by atoms with van der Waals surface area (Å²) in [5, 5.41) is 5.17. The summed E-state index contributed by atoms with van der Waals surface area (Å²) in [6, 6.07) is 8.76. The van der Waals surface area contributed by atoms with Crippen molar-refractivity contribution in [3.8, 4) is 0 Å². The Balaban J connectivity index is 1.16. The quantitative estimate of drug-likeness (QED) is 0.542. The van der Waals surface area contributed by atoms with E-state index in [2.05, 4.69) is 21.2 Å². The lowest BCUT2D eigenvalue weighted by molar-refractivity contribution is -0.132. The molecule has 0 spiro atoms. The molecule has 1 aromatic carbocycles. The van der Waals surface area contributed by atoms with Crippen LogP contribution in [0.5, 0.6) is 0 Å². The number of benzene rings is 1. The third-order valence-corrected chi connectivity index (χ3v) is 6.80. The van der Waals surface area contributed by atoms with Gasteiger partial charge in [-0.2, -0.15) is 4.98 Å². The van der Waals surface area contributed by atoms with Crippen LogP contribution in [-0.2, 0) is 17.6 Å². The Hall–Kier alpha value is -2.48. The Morgan fingerprint density at radius 3 is 2.73 bits per heavy atom. The van der Waals surface area contributed by atoms with Crippen LogP contribution in [0.25, 0.3) is 10.2 Å². The van der Waals surface area contributed by atoms with E-state index in [1.807, 2.05) is 42.1 Å². The van der Waals surface area contributed by atoms with Crippen LogP contribution >= 0.6 is 11.3 Å². The first-order chi connectivity index (χ1) is 14.6. The monoisotopic (exact) mass is 427 g/mol. The van der Waals surface area contributed by atoms with E-state index in [-0.39, 0.29) is 5.91 Å². The minimum atomic E-state index is 0.281. The molecule has 1 saturated heterocycles.